The van der Waals surface area contributed by atoms with Gasteiger partial charge in [-0.1, -0.05) is 12.1 Å². The highest BCUT2D eigenvalue weighted by molar-refractivity contribution is 7.98. The Balaban J connectivity index is 1.83. The maximum absolute atomic E-state index is 12.5. The van der Waals surface area contributed by atoms with Crippen LogP contribution in [0, 0.1) is 6.92 Å². The zero-order valence-corrected chi connectivity index (χ0v) is 13.2. The second-order valence-corrected chi connectivity index (χ2v) is 6.35. The Morgan fingerprint density at radius 1 is 1.10 bits per heavy atom. The standard InChI is InChI=1S/C18H19NOS/c1-12-6-9-16(21-2)11-17(12)18(20)19-15-8-7-13-4-3-5-14(13)10-15/h6-11H,3-5H2,1-2H3,(H,19,20). The van der Waals surface area contributed by atoms with E-state index in [1.807, 2.05) is 37.4 Å². The molecule has 1 aliphatic carbocycles. The molecule has 0 spiro atoms. The van der Waals surface area contributed by atoms with E-state index in [4.69, 9.17) is 0 Å². The van der Waals surface area contributed by atoms with E-state index < -0.39 is 0 Å². The Morgan fingerprint density at radius 3 is 2.71 bits per heavy atom. The number of carbonyl (C=O) groups excluding carboxylic acids is 1. The molecule has 1 amide bonds. The molecule has 1 N–H and O–H groups in total. The van der Waals surface area contributed by atoms with Crippen LogP contribution in [0.1, 0.15) is 33.5 Å². The second-order valence-electron chi connectivity index (χ2n) is 5.47. The van der Waals surface area contributed by atoms with Gasteiger partial charge in [0.05, 0.1) is 0 Å². The molecular formula is C18H19NOS. The Kier molecular flexibility index (Phi) is 4.02. The lowest BCUT2D eigenvalue weighted by molar-refractivity contribution is 0.102. The summed E-state index contributed by atoms with van der Waals surface area (Å²) >= 11 is 1.65. The quantitative estimate of drug-likeness (QED) is 0.848. The molecule has 3 heteroatoms. The minimum absolute atomic E-state index is 0.0265. The van der Waals surface area contributed by atoms with Gasteiger partial charge in [0, 0.05) is 16.1 Å². The first-order chi connectivity index (χ1) is 10.2. The molecule has 0 saturated heterocycles. The molecule has 0 saturated carbocycles. The molecule has 0 radical (unpaired) electrons. The topological polar surface area (TPSA) is 29.1 Å². The fourth-order valence-corrected chi connectivity index (χ4v) is 3.26. The molecule has 2 nitrogen and oxygen atoms in total. The highest BCUT2D eigenvalue weighted by Crippen LogP contribution is 2.26. The first-order valence-corrected chi connectivity index (χ1v) is 8.47. The number of benzene rings is 2. The molecule has 0 aromatic heterocycles. The minimum Gasteiger partial charge on any atom is -0.322 e. The third kappa shape index (κ3) is 2.98. The zero-order chi connectivity index (χ0) is 14.8. The van der Waals surface area contributed by atoms with E-state index in [1.54, 1.807) is 11.8 Å². The number of hydrogen-bond acceptors (Lipinski definition) is 2. The summed E-state index contributed by atoms with van der Waals surface area (Å²) in [6.45, 7) is 1.97. The lowest BCUT2D eigenvalue weighted by atomic mass is 10.1. The summed E-state index contributed by atoms with van der Waals surface area (Å²) in [6.07, 6.45) is 5.53. The van der Waals surface area contributed by atoms with Crippen LogP contribution in [0.4, 0.5) is 5.69 Å². The highest BCUT2D eigenvalue weighted by Gasteiger charge is 2.14. The fourth-order valence-electron chi connectivity index (χ4n) is 2.82. The first-order valence-electron chi connectivity index (χ1n) is 7.25. The summed E-state index contributed by atoms with van der Waals surface area (Å²) in [5, 5.41) is 3.03. The minimum atomic E-state index is -0.0265. The van der Waals surface area contributed by atoms with Crippen molar-refractivity contribution in [3.63, 3.8) is 0 Å². The Morgan fingerprint density at radius 2 is 1.90 bits per heavy atom. The number of carbonyl (C=O) groups is 1. The SMILES string of the molecule is CSc1ccc(C)c(C(=O)Nc2ccc3c(c2)CCC3)c1. The maximum Gasteiger partial charge on any atom is 0.255 e. The van der Waals surface area contributed by atoms with Gasteiger partial charge in [-0.25, -0.2) is 0 Å². The molecule has 0 heterocycles. The lowest BCUT2D eigenvalue weighted by Gasteiger charge is -2.10. The molecular weight excluding hydrogens is 278 g/mol. The van der Waals surface area contributed by atoms with E-state index in [2.05, 4.69) is 17.4 Å². The Hall–Kier alpha value is -1.74. The molecule has 0 atom stereocenters. The fraction of sp³-hybridized carbons (Fsp3) is 0.278. The van der Waals surface area contributed by atoms with E-state index in [0.717, 1.165) is 28.1 Å². The van der Waals surface area contributed by atoms with Crippen molar-refractivity contribution in [2.75, 3.05) is 11.6 Å². The van der Waals surface area contributed by atoms with Crippen LogP contribution in [0.5, 0.6) is 0 Å². The number of rotatable bonds is 3. The van der Waals surface area contributed by atoms with Gasteiger partial charge in [-0.2, -0.15) is 0 Å². The highest BCUT2D eigenvalue weighted by atomic mass is 32.2. The van der Waals surface area contributed by atoms with Gasteiger partial charge in [0.25, 0.3) is 5.91 Å². The maximum atomic E-state index is 12.5. The molecule has 1 aliphatic rings. The van der Waals surface area contributed by atoms with Gasteiger partial charge in [0.1, 0.15) is 0 Å². The summed E-state index contributed by atoms with van der Waals surface area (Å²) in [6, 6.07) is 12.3. The number of aryl methyl sites for hydroxylation is 3. The number of anilines is 1. The van der Waals surface area contributed by atoms with Gasteiger partial charge < -0.3 is 5.32 Å². The Bertz CT molecular complexity index is 694. The largest absolute Gasteiger partial charge is 0.322 e. The number of amides is 1. The molecule has 2 aromatic carbocycles. The van der Waals surface area contributed by atoms with Crippen molar-refractivity contribution >= 4 is 23.4 Å². The van der Waals surface area contributed by atoms with Crippen molar-refractivity contribution < 1.29 is 4.79 Å². The average Bonchev–Trinajstić information content (AvgIpc) is 2.95. The van der Waals surface area contributed by atoms with E-state index >= 15 is 0 Å². The van der Waals surface area contributed by atoms with Crippen LogP contribution in [-0.2, 0) is 12.8 Å². The van der Waals surface area contributed by atoms with Gasteiger partial charge in [0.2, 0.25) is 0 Å². The van der Waals surface area contributed by atoms with Gasteiger partial charge in [-0.3, -0.25) is 4.79 Å². The normalized spacial score (nSPS) is 13.0. The summed E-state index contributed by atoms with van der Waals surface area (Å²) in [7, 11) is 0. The number of fused-ring (bicyclic) bond motifs is 1. The van der Waals surface area contributed by atoms with Crippen molar-refractivity contribution in [1.82, 2.24) is 0 Å². The first kappa shape index (κ1) is 14.2. The van der Waals surface area contributed by atoms with Crippen LogP contribution in [0.3, 0.4) is 0 Å². The van der Waals surface area contributed by atoms with Crippen molar-refractivity contribution in [3.05, 3.63) is 58.7 Å². The van der Waals surface area contributed by atoms with Crippen molar-refractivity contribution in [2.24, 2.45) is 0 Å². The monoisotopic (exact) mass is 297 g/mol. The van der Waals surface area contributed by atoms with Crippen molar-refractivity contribution in [3.8, 4) is 0 Å². The molecule has 2 aromatic rings. The van der Waals surface area contributed by atoms with Gasteiger partial charge in [0.15, 0.2) is 0 Å². The molecule has 0 fully saturated rings. The van der Waals surface area contributed by atoms with Crippen LogP contribution >= 0.6 is 11.8 Å². The Labute approximate surface area is 130 Å². The molecule has 21 heavy (non-hydrogen) atoms. The van der Waals surface area contributed by atoms with E-state index in [1.165, 1.54) is 24.0 Å². The van der Waals surface area contributed by atoms with E-state index in [0.29, 0.717) is 0 Å². The number of hydrogen-bond donors (Lipinski definition) is 1. The summed E-state index contributed by atoms with van der Waals surface area (Å²) in [5.74, 6) is -0.0265. The van der Waals surface area contributed by atoms with Gasteiger partial charge in [-0.05, 0) is 73.4 Å². The van der Waals surface area contributed by atoms with Gasteiger partial charge in [-0.15, -0.1) is 11.8 Å². The summed E-state index contributed by atoms with van der Waals surface area (Å²) in [4.78, 5) is 13.6. The smallest absolute Gasteiger partial charge is 0.255 e. The van der Waals surface area contributed by atoms with Crippen LogP contribution < -0.4 is 5.32 Å². The van der Waals surface area contributed by atoms with Crippen LogP contribution in [0.15, 0.2) is 41.3 Å². The second kappa shape index (κ2) is 5.94. The van der Waals surface area contributed by atoms with Crippen LogP contribution in [0.25, 0.3) is 0 Å². The average molecular weight is 297 g/mol. The molecule has 108 valence electrons. The molecule has 3 rings (SSSR count). The van der Waals surface area contributed by atoms with Gasteiger partial charge >= 0.3 is 0 Å². The van der Waals surface area contributed by atoms with E-state index in [-0.39, 0.29) is 5.91 Å². The summed E-state index contributed by atoms with van der Waals surface area (Å²) in [5.41, 5.74) is 5.46. The van der Waals surface area contributed by atoms with E-state index in [9.17, 15) is 4.79 Å². The van der Waals surface area contributed by atoms with Crippen LogP contribution in [0.2, 0.25) is 0 Å². The predicted octanol–water partition coefficient (Wildman–Crippen LogP) is 4.46. The third-order valence-electron chi connectivity index (χ3n) is 4.05. The summed E-state index contributed by atoms with van der Waals surface area (Å²) < 4.78 is 0. The molecule has 0 bridgehead atoms. The number of thioether (sulfide) groups is 1. The van der Waals surface area contributed by atoms with Crippen LogP contribution in [-0.4, -0.2) is 12.2 Å². The zero-order valence-electron chi connectivity index (χ0n) is 12.4. The molecule has 0 unspecified atom stereocenters. The lowest BCUT2D eigenvalue weighted by Crippen LogP contribution is -2.13. The number of nitrogens with one attached hydrogen (secondary N) is 1. The third-order valence-corrected chi connectivity index (χ3v) is 4.77. The van der Waals surface area contributed by atoms with Crippen molar-refractivity contribution in [2.45, 2.75) is 31.1 Å². The predicted molar refractivity (Wildman–Crippen MR) is 89.4 cm³/mol. The molecule has 0 aliphatic heterocycles. The van der Waals surface area contributed by atoms with Crippen molar-refractivity contribution in [1.29, 1.82) is 0 Å².